The molecule has 8 nitrogen and oxygen atoms in total. The molecular weight excluding hydrogens is 394 g/mol. The van der Waals surface area contributed by atoms with Gasteiger partial charge in [0.05, 0.1) is 24.6 Å². The van der Waals surface area contributed by atoms with Gasteiger partial charge in [0.15, 0.2) is 11.5 Å². The molecule has 2 aromatic rings. The fraction of sp³-hybridized carbons (Fsp3) is 0.450. The van der Waals surface area contributed by atoms with Crippen LogP contribution in [-0.4, -0.2) is 44.8 Å². The minimum Gasteiger partial charge on any atom is -0.504 e. The Balaban J connectivity index is 2.04. The van der Waals surface area contributed by atoms with Crippen LogP contribution in [-0.2, 0) is 4.74 Å². The van der Waals surface area contributed by atoms with Crippen molar-refractivity contribution >= 4 is 23.5 Å². The van der Waals surface area contributed by atoms with Gasteiger partial charge in [-0.05, 0) is 38.8 Å². The zero-order valence-corrected chi connectivity index (χ0v) is 17.3. The number of phenolic OH excluding ortho intramolecular Hbond substituents is 3. The lowest BCUT2D eigenvalue weighted by atomic mass is 9.96. The summed E-state index contributed by atoms with van der Waals surface area (Å²) in [5, 5.41) is 33.6. The summed E-state index contributed by atoms with van der Waals surface area (Å²) in [6, 6.07) is 2.88. The Hall–Kier alpha value is -2.81. The number of rotatable bonds is 5. The second-order valence-corrected chi connectivity index (χ2v) is 7.85. The molecule has 0 unspecified atom stereocenters. The standard InChI is InChI=1S/C20H25N3O5S/c1-3-28-19(27)18-12(2)23(20(29-18)22-14-7-5-4-6-8-14)21-11-13-9-10-15(24)17(26)16(13)25/h9-11,14,24-26H,3-8H2,1-2H3. The number of aromatic hydroxyl groups is 3. The molecule has 1 aromatic heterocycles. The maximum atomic E-state index is 12.3. The van der Waals surface area contributed by atoms with E-state index >= 15 is 0 Å². The van der Waals surface area contributed by atoms with E-state index in [4.69, 9.17) is 9.73 Å². The second-order valence-electron chi connectivity index (χ2n) is 6.87. The highest BCUT2D eigenvalue weighted by molar-refractivity contribution is 7.11. The Labute approximate surface area is 172 Å². The van der Waals surface area contributed by atoms with Gasteiger partial charge in [-0.15, -0.1) is 0 Å². The summed E-state index contributed by atoms with van der Waals surface area (Å²) in [4.78, 5) is 18.1. The number of ether oxygens (including phenoxy) is 1. The highest BCUT2D eigenvalue weighted by atomic mass is 32.1. The zero-order valence-electron chi connectivity index (χ0n) is 16.5. The van der Waals surface area contributed by atoms with E-state index in [1.54, 1.807) is 18.5 Å². The van der Waals surface area contributed by atoms with Crippen LogP contribution in [0.5, 0.6) is 17.2 Å². The smallest absolute Gasteiger partial charge is 0.350 e. The minimum absolute atomic E-state index is 0.185. The SMILES string of the molecule is CCOC(=O)c1sc(=NC2CCCCC2)n(N=Cc2ccc(O)c(O)c2O)c1C. The number of hydrogen-bond acceptors (Lipinski definition) is 8. The van der Waals surface area contributed by atoms with E-state index in [0.717, 1.165) is 25.7 Å². The highest BCUT2D eigenvalue weighted by Crippen LogP contribution is 2.36. The van der Waals surface area contributed by atoms with Crippen molar-refractivity contribution in [1.29, 1.82) is 0 Å². The van der Waals surface area contributed by atoms with E-state index < -0.39 is 23.2 Å². The molecule has 156 valence electrons. The van der Waals surface area contributed by atoms with E-state index in [9.17, 15) is 20.1 Å². The van der Waals surface area contributed by atoms with Crippen LogP contribution in [0.1, 0.15) is 60.0 Å². The van der Waals surface area contributed by atoms with E-state index in [0.29, 0.717) is 15.4 Å². The van der Waals surface area contributed by atoms with Crippen LogP contribution in [0, 0.1) is 6.92 Å². The first kappa shape index (κ1) is 20.9. The maximum Gasteiger partial charge on any atom is 0.350 e. The monoisotopic (exact) mass is 419 g/mol. The van der Waals surface area contributed by atoms with Crippen LogP contribution < -0.4 is 4.80 Å². The molecule has 0 radical (unpaired) electrons. The maximum absolute atomic E-state index is 12.3. The summed E-state index contributed by atoms with van der Waals surface area (Å²) in [7, 11) is 0. The first-order chi connectivity index (χ1) is 13.9. The number of esters is 1. The molecule has 1 aliphatic rings. The van der Waals surface area contributed by atoms with Crippen molar-refractivity contribution in [2.24, 2.45) is 10.1 Å². The number of aromatic nitrogens is 1. The van der Waals surface area contributed by atoms with E-state index in [1.807, 2.05) is 0 Å². The first-order valence-electron chi connectivity index (χ1n) is 9.64. The second kappa shape index (κ2) is 9.13. The summed E-state index contributed by atoms with van der Waals surface area (Å²) in [6.07, 6.45) is 6.83. The summed E-state index contributed by atoms with van der Waals surface area (Å²) >= 11 is 1.23. The Morgan fingerprint density at radius 2 is 1.97 bits per heavy atom. The van der Waals surface area contributed by atoms with Crippen LogP contribution in [0.15, 0.2) is 22.2 Å². The van der Waals surface area contributed by atoms with Crippen molar-refractivity contribution in [3.8, 4) is 17.2 Å². The molecule has 0 spiro atoms. The van der Waals surface area contributed by atoms with Crippen LogP contribution in [0.3, 0.4) is 0 Å². The number of phenols is 3. The number of hydrogen-bond donors (Lipinski definition) is 3. The molecule has 9 heteroatoms. The fourth-order valence-corrected chi connectivity index (χ4v) is 4.26. The summed E-state index contributed by atoms with van der Waals surface area (Å²) in [5.41, 5.74) is 0.807. The molecule has 0 aliphatic heterocycles. The first-order valence-corrected chi connectivity index (χ1v) is 10.5. The van der Waals surface area contributed by atoms with Gasteiger partial charge in [0, 0.05) is 5.56 Å². The number of nitrogens with zero attached hydrogens (tertiary/aromatic N) is 3. The average Bonchev–Trinajstić information content (AvgIpc) is 3.02. The van der Waals surface area contributed by atoms with Gasteiger partial charge in [-0.25, -0.2) is 9.47 Å². The van der Waals surface area contributed by atoms with Crippen molar-refractivity contribution < 1.29 is 24.9 Å². The normalized spacial score (nSPS) is 15.9. The molecule has 0 saturated heterocycles. The average molecular weight is 420 g/mol. The van der Waals surface area contributed by atoms with Crippen LogP contribution in [0.4, 0.5) is 0 Å². The minimum atomic E-state index is -0.611. The molecular formula is C20H25N3O5S. The van der Waals surface area contributed by atoms with Gasteiger partial charge in [-0.3, -0.25) is 4.99 Å². The summed E-state index contributed by atoms with van der Waals surface area (Å²) in [6.45, 7) is 3.78. The predicted octanol–water partition coefficient (Wildman–Crippen LogP) is 3.27. The van der Waals surface area contributed by atoms with Crippen molar-refractivity contribution in [3.05, 3.63) is 33.1 Å². The third kappa shape index (κ3) is 4.61. The number of carbonyl (C=O) groups excluding carboxylic acids is 1. The van der Waals surface area contributed by atoms with E-state index in [2.05, 4.69) is 5.10 Å². The lowest BCUT2D eigenvalue weighted by Crippen LogP contribution is -2.19. The summed E-state index contributed by atoms with van der Waals surface area (Å²) in [5.74, 6) is -1.93. The largest absolute Gasteiger partial charge is 0.504 e. The van der Waals surface area contributed by atoms with Gasteiger partial charge in [0.1, 0.15) is 4.88 Å². The van der Waals surface area contributed by atoms with Crippen molar-refractivity contribution in [3.63, 3.8) is 0 Å². The van der Waals surface area contributed by atoms with Gasteiger partial charge < -0.3 is 20.1 Å². The molecule has 0 atom stereocenters. The van der Waals surface area contributed by atoms with Gasteiger partial charge >= 0.3 is 5.97 Å². The molecule has 1 heterocycles. The Bertz CT molecular complexity index is 987. The molecule has 1 aromatic carbocycles. The van der Waals surface area contributed by atoms with Crippen LogP contribution in [0.2, 0.25) is 0 Å². The lowest BCUT2D eigenvalue weighted by molar-refractivity contribution is 0.0530. The van der Waals surface area contributed by atoms with Crippen molar-refractivity contribution in [2.45, 2.75) is 52.0 Å². The molecule has 1 fully saturated rings. The number of thiazole rings is 1. The highest BCUT2D eigenvalue weighted by Gasteiger charge is 2.20. The van der Waals surface area contributed by atoms with Gasteiger partial charge in [-0.2, -0.15) is 5.10 Å². The quantitative estimate of drug-likeness (QED) is 0.391. The Morgan fingerprint density at radius 1 is 1.24 bits per heavy atom. The van der Waals surface area contributed by atoms with Crippen LogP contribution in [0.25, 0.3) is 0 Å². The van der Waals surface area contributed by atoms with E-state index in [-0.39, 0.29) is 18.2 Å². The molecule has 0 bridgehead atoms. The molecule has 3 N–H and O–H groups in total. The lowest BCUT2D eigenvalue weighted by Gasteiger charge is -2.16. The fourth-order valence-electron chi connectivity index (χ4n) is 3.23. The molecule has 1 aliphatic carbocycles. The van der Waals surface area contributed by atoms with Gasteiger partial charge in [0.2, 0.25) is 10.6 Å². The molecule has 1 saturated carbocycles. The molecule has 29 heavy (non-hydrogen) atoms. The molecule has 3 rings (SSSR count). The number of benzene rings is 1. The Kier molecular flexibility index (Phi) is 6.58. The predicted molar refractivity (Wildman–Crippen MR) is 110 cm³/mol. The third-order valence-corrected chi connectivity index (χ3v) is 5.95. The third-order valence-electron chi connectivity index (χ3n) is 4.82. The van der Waals surface area contributed by atoms with Gasteiger partial charge in [-0.1, -0.05) is 30.6 Å². The van der Waals surface area contributed by atoms with E-state index in [1.165, 1.54) is 36.1 Å². The number of carbonyl (C=O) groups is 1. The summed E-state index contributed by atoms with van der Waals surface area (Å²) < 4.78 is 6.69. The Morgan fingerprint density at radius 3 is 2.66 bits per heavy atom. The zero-order chi connectivity index (χ0) is 21.0. The van der Waals surface area contributed by atoms with Gasteiger partial charge in [0.25, 0.3) is 0 Å². The van der Waals surface area contributed by atoms with Crippen LogP contribution >= 0.6 is 11.3 Å². The topological polar surface area (TPSA) is 117 Å². The molecule has 0 amide bonds. The van der Waals surface area contributed by atoms with Crippen molar-refractivity contribution in [1.82, 2.24) is 4.68 Å². The van der Waals surface area contributed by atoms with Crippen molar-refractivity contribution in [2.75, 3.05) is 6.61 Å².